The molecule has 0 saturated carbocycles. The molecule has 3 aliphatic carbocycles. The molecule has 213 valence electrons. The van der Waals surface area contributed by atoms with Crippen molar-refractivity contribution in [3.63, 3.8) is 0 Å². The Kier molecular flexibility index (Phi) is 6.12. The third-order valence-electron chi connectivity index (χ3n) is 9.96. The summed E-state index contributed by atoms with van der Waals surface area (Å²) < 4.78 is 0. The van der Waals surface area contributed by atoms with Gasteiger partial charge in [-0.2, -0.15) is 0 Å². The average Bonchev–Trinajstić information content (AvgIpc) is 3.34. The Bertz CT molecular complexity index is 2010. The molecule has 2 nitrogen and oxygen atoms in total. The van der Waals surface area contributed by atoms with Gasteiger partial charge in [-0.05, 0) is 36.8 Å². The van der Waals surface area contributed by atoms with E-state index < -0.39 is 0 Å². The van der Waals surface area contributed by atoms with E-state index in [9.17, 15) is 0 Å². The Labute approximate surface area is 265 Å². The molecular formula is C42H32BN2. The van der Waals surface area contributed by atoms with Crippen LogP contribution in [0.4, 0.5) is 22.7 Å². The third-order valence-corrected chi connectivity index (χ3v) is 9.96. The molecule has 0 saturated heterocycles. The van der Waals surface area contributed by atoms with Crippen molar-refractivity contribution in [2.24, 2.45) is 0 Å². The molecule has 0 bridgehead atoms. The molecule has 0 amide bonds. The van der Waals surface area contributed by atoms with Crippen molar-refractivity contribution in [2.45, 2.75) is 31.6 Å². The van der Waals surface area contributed by atoms with Crippen LogP contribution < -0.4 is 10.6 Å². The molecule has 0 fully saturated rings. The fourth-order valence-electron chi connectivity index (χ4n) is 7.30. The predicted molar refractivity (Wildman–Crippen MR) is 191 cm³/mol. The van der Waals surface area contributed by atoms with Crippen molar-refractivity contribution in [1.82, 2.24) is 0 Å². The fourth-order valence-corrected chi connectivity index (χ4v) is 7.30. The van der Waals surface area contributed by atoms with Crippen LogP contribution in [0, 0.1) is 0 Å². The molecule has 0 aromatic heterocycles. The van der Waals surface area contributed by atoms with Crippen LogP contribution in [-0.2, 0) is 25.7 Å². The molecule has 3 aliphatic rings. The quantitative estimate of drug-likeness (QED) is 0.185. The number of rotatable bonds is 7. The summed E-state index contributed by atoms with van der Waals surface area (Å²) in [7, 11) is 6.33. The van der Waals surface area contributed by atoms with E-state index in [1.54, 1.807) is 0 Å². The standard InChI is InChI=1S/C42H32BN2/c43-25-42-40-23-36(44-34-5-1-3-28(21-34)32-13-9-26-7-11-30(26)19-32)15-17-38(40)39-18-16-37(24-41(39)42)45-35-6-2-4-29(22-35)33-14-10-27-8-12-31(27)20-33/h1-6,9-10,13-25,42,44-45H,7-8,11-12H2. The molecule has 0 heterocycles. The van der Waals surface area contributed by atoms with Gasteiger partial charge in [-0.25, -0.2) is 0 Å². The molecular weight excluding hydrogens is 543 g/mol. The van der Waals surface area contributed by atoms with E-state index in [-0.39, 0.29) is 5.92 Å². The zero-order chi connectivity index (χ0) is 29.9. The number of nitrogens with one attached hydrogen (secondary N) is 2. The van der Waals surface area contributed by atoms with Crippen molar-refractivity contribution >= 4 is 36.2 Å². The first-order chi connectivity index (χ1) is 22.2. The summed E-state index contributed by atoms with van der Waals surface area (Å²) in [5, 5.41) is 7.32. The number of fused-ring (bicyclic) bond motifs is 5. The monoisotopic (exact) mass is 575 g/mol. The van der Waals surface area contributed by atoms with Gasteiger partial charge in [-0.15, -0.1) is 0 Å². The zero-order valence-corrected chi connectivity index (χ0v) is 25.1. The fraction of sp³-hybridized carbons (Fsp3) is 0.119. The van der Waals surface area contributed by atoms with E-state index in [2.05, 4.69) is 132 Å². The first-order valence-electron chi connectivity index (χ1n) is 16.0. The van der Waals surface area contributed by atoms with Crippen molar-refractivity contribution in [3.8, 4) is 33.4 Å². The first-order valence-corrected chi connectivity index (χ1v) is 16.0. The average molecular weight is 576 g/mol. The molecule has 0 atom stereocenters. The number of benzene rings is 6. The van der Waals surface area contributed by atoms with Gasteiger partial charge >= 0.3 is 230 Å². The molecule has 2 N–H and O–H groups in total. The van der Waals surface area contributed by atoms with Gasteiger partial charge in [0, 0.05) is 0 Å². The SMILES string of the molecule is [B]=CC1c2cc(Nc3cccc(-c4ccc5c(c4)CC5)c3)ccc2-c2ccc(Nc3cccc(-c4ccc5c(c4)CC5)c3)cc21. The Morgan fingerprint density at radius 2 is 0.889 bits per heavy atom. The molecule has 6 aromatic rings. The van der Waals surface area contributed by atoms with Gasteiger partial charge < -0.3 is 0 Å². The van der Waals surface area contributed by atoms with Gasteiger partial charge in [-0.1, -0.05) is 0 Å². The van der Waals surface area contributed by atoms with Crippen LogP contribution in [0.2, 0.25) is 0 Å². The molecule has 9 rings (SSSR count). The molecule has 0 unspecified atom stereocenters. The molecule has 3 heteroatoms. The van der Waals surface area contributed by atoms with E-state index in [1.165, 1.54) is 92.4 Å². The van der Waals surface area contributed by atoms with Crippen LogP contribution >= 0.6 is 0 Å². The van der Waals surface area contributed by atoms with Gasteiger partial charge in [0.25, 0.3) is 0 Å². The third kappa shape index (κ3) is 4.62. The number of hydrogen-bond acceptors (Lipinski definition) is 2. The van der Waals surface area contributed by atoms with Crippen LogP contribution in [0.3, 0.4) is 0 Å². The van der Waals surface area contributed by atoms with Gasteiger partial charge in [0.1, 0.15) is 0 Å². The van der Waals surface area contributed by atoms with E-state index in [0.717, 1.165) is 22.7 Å². The Morgan fingerprint density at radius 1 is 0.444 bits per heavy atom. The summed E-state index contributed by atoms with van der Waals surface area (Å²) in [5.41, 5.74) is 20.2. The van der Waals surface area contributed by atoms with E-state index >= 15 is 0 Å². The second kappa shape index (κ2) is 10.5. The summed E-state index contributed by atoms with van der Waals surface area (Å²) in [6, 6.07) is 44.5. The Morgan fingerprint density at radius 3 is 1.31 bits per heavy atom. The Hall–Kier alpha value is -5.15. The normalized spacial score (nSPS) is 13.8. The van der Waals surface area contributed by atoms with Crippen molar-refractivity contribution in [2.75, 3.05) is 10.6 Å². The summed E-state index contributed by atoms with van der Waals surface area (Å²) in [6.07, 6.45) is 4.81. The zero-order valence-electron chi connectivity index (χ0n) is 25.1. The second-order valence-electron chi connectivity index (χ2n) is 12.7. The van der Waals surface area contributed by atoms with E-state index in [1.807, 2.05) is 5.97 Å². The topological polar surface area (TPSA) is 24.1 Å². The summed E-state index contributed by atoms with van der Waals surface area (Å²) in [5.74, 6) is 1.86. The van der Waals surface area contributed by atoms with Crippen molar-refractivity contribution in [1.29, 1.82) is 0 Å². The van der Waals surface area contributed by atoms with Crippen LogP contribution in [-0.4, -0.2) is 13.5 Å². The van der Waals surface area contributed by atoms with Crippen LogP contribution in [0.5, 0.6) is 0 Å². The Balaban J connectivity index is 0.963. The van der Waals surface area contributed by atoms with Crippen LogP contribution in [0.15, 0.2) is 121 Å². The minimum atomic E-state index is 0.0288. The van der Waals surface area contributed by atoms with Crippen molar-refractivity contribution < 1.29 is 0 Å². The molecule has 6 aromatic carbocycles. The predicted octanol–water partition coefficient (Wildman–Crippen LogP) is 9.79. The first kappa shape index (κ1) is 26.3. The number of hydrogen-bond donors (Lipinski definition) is 2. The van der Waals surface area contributed by atoms with Gasteiger partial charge in [0.15, 0.2) is 0 Å². The van der Waals surface area contributed by atoms with E-state index in [0.29, 0.717) is 0 Å². The molecule has 45 heavy (non-hydrogen) atoms. The summed E-state index contributed by atoms with van der Waals surface area (Å²) >= 11 is 0. The second-order valence-corrected chi connectivity index (χ2v) is 12.7. The summed E-state index contributed by atoms with van der Waals surface area (Å²) in [6.45, 7) is 0. The molecule has 0 aliphatic heterocycles. The number of anilines is 4. The number of aryl methyl sites for hydroxylation is 4. The van der Waals surface area contributed by atoms with Crippen molar-refractivity contribution in [3.05, 3.63) is 155 Å². The maximum atomic E-state index is 6.33. The molecule has 1 radical (unpaired) electrons. The van der Waals surface area contributed by atoms with Crippen LogP contribution in [0.1, 0.15) is 39.3 Å². The minimum absolute atomic E-state index is 0.0288. The maximum absolute atomic E-state index is 6.33. The van der Waals surface area contributed by atoms with Crippen LogP contribution in [0.25, 0.3) is 33.4 Å². The van der Waals surface area contributed by atoms with E-state index in [4.69, 9.17) is 7.49 Å². The van der Waals surface area contributed by atoms with Gasteiger partial charge in [-0.3, -0.25) is 0 Å². The summed E-state index contributed by atoms with van der Waals surface area (Å²) in [4.78, 5) is 0. The van der Waals surface area contributed by atoms with Gasteiger partial charge in [0.05, 0.1) is 0 Å². The van der Waals surface area contributed by atoms with Gasteiger partial charge in [0.2, 0.25) is 0 Å². The molecule has 0 spiro atoms.